The van der Waals surface area contributed by atoms with Crippen molar-refractivity contribution in [3.8, 4) is 0 Å². The Morgan fingerprint density at radius 2 is 2.08 bits per heavy atom. The number of anilines is 1. The van der Waals surface area contributed by atoms with Crippen LogP contribution in [0.25, 0.3) is 0 Å². The van der Waals surface area contributed by atoms with Crippen molar-refractivity contribution in [1.82, 2.24) is 9.55 Å². The maximum absolute atomic E-state index is 6.05. The fraction of sp³-hybridized carbons (Fsp3) is 0.625. The molecule has 0 amide bonds. The average molecular weight is 186 g/mol. The van der Waals surface area contributed by atoms with Gasteiger partial charge in [-0.2, -0.15) is 0 Å². The molecule has 0 radical (unpaired) electrons. The van der Waals surface area contributed by atoms with Crippen LogP contribution in [-0.4, -0.2) is 22.6 Å². The van der Waals surface area contributed by atoms with Gasteiger partial charge in [0.25, 0.3) is 0 Å². The fourth-order valence-electron chi connectivity index (χ4n) is 1.54. The first kappa shape index (κ1) is 7.92. The third-order valence-corrected chi connectivity index (χ3v) is 2.69. The van der Waals surface area contributed by atoms with Crippen LogP contribution in [0.1, 0.15) is 12.8 Å². The molecule has 1 aliphatic heterocycles. The van der Waals surface area contributed by atoms with E-state index in [0.29, 0.717) is 0 Å². The van der Waals surface area contributed by atoms with Gasteiger partial charge in [0.05, 0.1) is 6.33 Å². The molecular weight excluding hydrogens is 174 g/mol. The van der Waals surface area contributed by atoms with Crippen molar-refractivity contribution >= 4 is 17.4 Å². The van der Waals surface area contributed by atoms with E-state index in [4.69, 9.17) is 11.6 Å². The Bertz CT molecular complexity index is 276. The quantitative estimate of drug-likeness (QED) is 0.664. The molecule has 3 nitrogen and oxygen atoms in total. The first-order valence-electron chi connectivity index (χ1n) is 4.21. The highest BCUT2D eigenvalue weighted by Crippen LogP contribution is 2.25. The lowest BCUT2D eigenvalue weighted by molar-refractivity contribution is 0.911. The second-order valence-corrected chi connectivity index (χ2v) is 3.52. The molecule has 12 heavy (non-hydrogen) atoms. The van der Waals surface area contributed by atoms with Gasteiger partial charge in [-0.3, -0.25) is 0 Å². The van der Waals surface area contributed by atoms with E-state index in [1.807, 2.05) is 11.6 Å². The first-order valence-corrected chi connectivity index (χ1v) is 4.58. The van der Waals surface area contributed by atoms with Gasteiger partial charge >= 0.3 is 0 Å². The summed E-state index contributed by atoms with van der Waals surface area (Å²) in [6.45, 7) is 2.19. The summed E-state index contributed by atoms with van der Waals surface area (Å²) in [5.41, 5.74) is 0. The van der Waals surface area contributed by atoms with Gasteiger partial charge in [0, 0.05) is 20.1 Å². The smallest absolute Gasteiger partial charge is 0.166 e. The van der Waals surface area contributed by atoms with Crippen molar-refractivity contribution < 1.29 is 0 Å². The van der Waals surface area contributed by atoms with E-state index in [-0.39, 0.29) is 0 Å². The lowest BCUT2D eigenvalue weighted by Gasteiger charge is -2.14. The predicted octanol–water partition coefficient (Wildman–Crippen LogP) is 1.67. The van der Waals surface area contributed by atoms with Crippen LogP contribution in [0.4, 0.5) is 5.82 Å². The number of hydrogen-bond donors (Lipinski definition) is 0. The van der Waals surface area contributed by atoms with Gasteiger partial charge in [-0.25, -0.2) is 4.98 Å². The fourth-order valence-corrected chi connectivity index (χ4v) is 1.76. The second kappa shape index (κ2) is 2.98. The minimum absolute atomic E-state index is 0.747. The van der Waals surface area contributed by atoms with Crippen molar-refractivity contribution in [1.29, 1.82) is 0 Å². The molecule has 0 aliphatic carbocycles. The Labute approximate surface area is 77.0 Å². The van der Waals surface area contributed by atoms with Crippen molar-refractivity contribution in [3.05, 3.63) is 11.5 Å². The standard InChI is InChI=1S/C8H12ClN3/c1-11-6-10-8(7(11)9)12-4-2-3-5-12/h6H,2-5H2,1H3. The predicted molar refractivity (Wildman–Crippen MR) is 49.7 cm³/mol. The van der Waals surface area contributed by atoms with Crippen LogP contribution >= 0.6 is 11.6 Å². The third kappa shape index (κ3) is 1.18. The van der Waals surface area contributed by atoms with Crippen molar-refractivity contribution in [2.24, 2.45) is 7.05 Å². The lowest BCUT2D eigenvalue weighted by Crippen LogP contribution is -2.18. The van der Waals surface area contributed by atoms with Crippen LogP contribution in [0.3, 0.4) is 0 Å². The Morgan fingerprint density at radius 3 is 2.58 bits per heavy atom. The van der Waals surface area contributed by atoms with Gasteiger partial charge in [-0.05, 0) is 12.8 Å². The van der Waals surface area contributed by atoms with E-state index in [1.54, 1.807) is 6.33 Å². The Hall–Kier alpha value is -0.700. The van der Waals surface area contributed by atoms with Crippen molar-refractivity contribution in [2.45, 2.75) is 12.8 Å². The molecule has 2 rings (SSSR count). The van der Waals surface area contributed by atoms with Gasteiger partial charge < -0.3 is 9.47 Å². The molecule has 0 saturated carbocycles. The number of hydrogen-bond acceptors (Lipinski definition) is 2. The molecule has 1 aliphatic rings. The van der Waals surface area contributed by atoms with E-state index in [1.165, 1.54) is 12.8 Å². The van der Waals surface area contributed by atoms with Gasteiger partial charge in [0.15, 0.2) is 11.0 Å². The molecule has 4 heteroatoms. The summed E-state index contributed by atoms with van der Waals surface area (Å²) in [4.78, 5) is 6.49. The minimum atomic E-state index is 0.747. The summed E-state index contributed by atoms with van der Waals surface area (Å²) < 4.78 is 1.84. The minimum Gasteiger partial charge on any atom is -0.354 e. The highest BCUT2D eigenvalue weighted by molar-refractivity contribution is 6.32. The molecular formula is C8H12ClN3. The average Bonchev–Trinajstić information content (AvgIpc) is 2.64. The molecule has 0 bridgehead atoms. The SMILES string of the molecule is Cn1cnc(N2CCCC2)c1Cl. The summed E-state index contributed by atoms with van der Waals surface area (Å²) in [7, 11) is 1.91. The molecule has 0 unspecified atom stereocenters. The lowest BCUT2D eigenvalue weighted by atomic mass is 10.4. The number of imidazole rings is 1. The van der Waals surface area contributed by atoms with Crippen LogP contribution in [0.2, 0.25) is 5.15 Å². The number of aromatic nitrogens is 2. The number of rotatable bonds is 1. The Kier molecular flexibility index (Phi) is 1.97. The second-order valence-electron chi connectivity index (χ2n) is 3.16. The summed E-state index contributed by atoms with van der Waals surface area (Å²) in [5, 5.41) is 0.747. The van der Waals surface area contributed by atoms with Gasteiger partial charge in [-0.15, -0.1) is 0 Å². The van der Waals surface area contributed by atoms with Crippen LogP contribution in [0, 0.1) is 0 Å². The van der Waals surface area contributed by atoms with E-state index in [9.17, 15) is 0 Å². The van der Waals surface area contributed by atoms with Gasteiger partial charge in [0.2, 0.25) is 0 Å². The van der Waals surface area contributed by atoms with Crippen LogP contribution in [-0.2, 0) is 7.05 Å². The third-order valence-electron chi connectivity index (χ3n) is 2.25. The highest BCUT2D eigenvalue weighted by Gasteiger charge is 2.17. The summed E-state index contributed by atoms with van der Waals surface area (Å²) in [5.74, 6) is 0.941. The zero-order valence-corrected chi connectivity index (χ0v) is 7.88. The summed E-state index contributed by atoms with van der Waals surface area (Å²) in [6.07, 6.45) is 4.27. The molecule has 0 spiro atoms. The zero-order valence-electron chi connectivity index (χ0n) is 7.13. The molecule has 1 aromatic rings. The Morgan fingerprint density at radius 1 is 1.42 bits per heavy atom. The molecule has 0 atom stereocenters. The van der Waals surface area contributed by atoms with Crippen LogP contribution < -0.4 is 4.90 Å². The first-order chi connectivity index (χ1) is 5.79. The topological polar surface area (TPSA) is 21.1 Å². The van der Waals surface area contributed by atoms with E-state index in [2.05, 4.69) is 9.88 Å². The largest absolute Gasteiger partial charge is 0.354 e. The van der Waals surface area contributed by atoms with Crippen LogP contribution in [0.15, 0.2) is 6.33 Å². The van der Waals surface area contributed by atoms with Gasteiger partial charge in [-0.1, -0.05) is 11.6 Å². The normalized spacial score (nSPS) is 17.3. The van der Waals surface area contributed by atoms with E-state index < -0.39 is 0 Å². The molecule has 1 saturated heterocycles. The van der Waals surface area contributed by atoms with Crippen LogP contribution in [0.5, 0.6) is 0 Å². The Balaban J connectivity index is 2.26. The zero-order chi connectivity index (χ0) is 8.55. The molecule has 1 aromatic heterocycles. The molecule has 1 fully saturated rings. The maximum atomic E-state index is 6.05. The number of halogens is 1. The number of aryl methyl sites for hydroxylation is 1. The molecule has 0 aromatic carbocycles. The van der Waals surface area contributed by atoms with E-state index in [0.717, 1.165) is 24.1 Å². The highest BCUT2D eigenvalue weighted by atomic mass is 35.5. The van der Waals surface area contributed by atoms with Crippen molar-refractivity contribution in [3.63, 3.8) is 0 Å². The van der Waals surface area contributed by atoms with Crippen molar-refractivity contribution in [2.75, 3.05) is 18.0 Å². The number of nitrogens with zero attached hydrogens (tertiary/aromatic N) is 3. The molecule has 2 heterocycles. The maximum Gasteiger partial charge on any atom is 0.166 e. The summed E-state index contributed by atoms with van der Waals surface area (Å²) >= 11 is 6.05. The monoisotopic (exact) mass is 185 g/mol. The van der Waals surface area contributed by atoms with Gasteiger partial charge in [0.1, 0.15) is 0 Å². The van der Waals surface area contributed by atoms with E-state index >= 15 is 0 Å². The molecule has 0 N–H and O–H groups in total. The molecule has 66 valence electrons. The summed E-state index contributed by atoms with van der Waals surface area (Å²) in [6, 6.07) is 0.